The Hall–Kier alpha value is -2.84. The van der Waals surface area contributed by atoms with Gasteiger partial charge in [-0.1, -0.05) is 35.0 Å². The molecular formula is C20H20ClF2N5O. The maximum absolute atomic E-state index is 14.2. The molecule has 3 rings (SSSR count). The number of hydrogen-bond acceptors (Lipinski definition) is 4. The number of rotatable bonds is 6. The number of carbonyl (C=O) groups excluding carboxylic acids is 1. The first-order chi connectivity index (χ1) is 13.8. The molecule has 1 heterocycles. The SMILES string of the molecule is Cc1c(C(=O)NCC(c2c(F)cccc2F)N(C)C)nnn1-c1ccccc1Cl. The molecule has 0 spiro atoms. The maximum Gasteiger partial charge on any atom is 0.273 e. The Morgan fingerprint density at radius 3 is 2.45 bits per heavy atom. The first-order valence-corrected chi connectivity index (χ1v) is 9.24. The third-order valence-electron chi connectivity index (χ3n) is 4.60. The lowest BCUT2D eigenvalue weighted by molar-refractivity contribution is 0.0935. The molecule has 1 N–H and O–H groups in total. The number of nitrogens with zero attached hydrogens (tertiary/aromatic N) is 4. The van der Waals surface area contributed by atoms with Gasteiger partial charge in [0.15, 0.2) is 5.69 Å². The summed E-state index contributed by atoms with van der Waals surface area (Å²) in [6.07, 6.45) is 0. The molecule has 9 heteroatoms. The summed E-state index contributed by atoms with van der Waals surface area (Å²) >= 11 is 6.19. The van der Waals surface area contributed by atoms with E-state index >= 15 is 0 Å². The number of likely N-dealkylation sites (N-methyl/N-ethyl adjacent to an activating group) is 1. The van der Waals surface area contributed by atoms with Gasteiger partial charge in [-0.25, -0.2) is 13.5 Å². The van der Waals surface area contributed by atoms with Crippen LogP contribution in [0, 0.1) is 18.6 Å². The largest absolute Gasteiger partial charge is 0.349 e. The number of carbonyl (C=O) groups is 1. The van der Waals surface area contributed by atoms with Gasteiger partial charge < -0.3 is 10.2 Å². The first kappa shape index (κ1) is 20.9. The predicted octanol–water partition coefficient (Wildman–Crippen LogP) is 3.54. The monoisotopic (exact) mass is 419 g/mol. The molecule has 2 aromatic carbocycles. The van der Waals surface area contributed by atoms with E-state index in [2.05, 4.69) is 15.6 Å². The third-order valence-corrected chi connectivity index (χ3v) is 4.92. The number of hydrogen-bond donors (Lipinski definition) is 1. The van der Waals surface area contributed by atoms with Crippen molar-refractivity contribution in [1.82, 2.24) is 25.2 Å². The lowest BCUT2D eigenvalue weighted by Crippen LogP contribution is -2.36. The molecule has 3 aromatic rings. The number of aromatic nitrogens is 3. The van der Waals surface area contributed by atoms with E-state index < -0.39 is 23.6 Å². The molecule has 6 nitrogen and oxygen atoms in total. The van der Waals surface area contributed by atoms with Crippen molar-refractivity contribution >= 4 is 17.5 Å². The van der Waals surface area contributed by atoms with E-state index in [4.69, 9.17) is 11.6 Å². The number of halogens is 3. The molecule has 1 aromatic heterocycles. The van der Waals surface area contributed by atoms with Crippen LogP contribution in [-0.2, 0) is 0 Å². The minimum absolute atomic E-state index is 0.0118. The maximum atomic E-state index is 14.2. The molecule has 0 aliphatic carbocycles. The van der Waals surface area contributed by atoms with E-state index in [1.54, 1.807) is 50.2 Å². The average Bonchev–Trinajstić information content (AvgIpc) is 3.05. The Morgan fingerprint density at radius 2 is 1.83 bits per heavy atom. The summed E-state index contributed by atoms with van der Waals surface area (Å²) in [6, 6.07) is 10.0. The lowest BCUT2D eigenvalue weighted by atomic mass is 10.0. The van der Waals surface area contributed by atoms with Crippen LogP contribution in [-0.4, -0.2) is 46.4 Å². The zero-order valence-corrected chi connectivity index (χ0v) is 16.9. The van der Waals surface area contributed by atoms with Crippen molar-refractivity contribution < 1.29 is 13.6 Å². The van der Waals surface area contributed by atoms with E-state index in [1.807, 2.05) is 0 Å². The van der Waals surface area contributed by atoms with Gasteiger partial charge in [-0.2, -0.15) is 0 Å². The summed E-state index contributed by atoms with van der Waals surface area (Å²) < 4.78 is 29.8. The zero-order chi connectivity index (χ0) is 21.1. The van der Waals surface area contributed by atoms with Crippen molar-refractivity contribution in [3.8, 4) is 5.69 Å². The smallest absolute Gasteiger partial charge is 0.273 e. The summed E-state index contributed by atoms with van der Waals surface area (Å²) in [5.74, 6) is -1.83. The van der Waals surface area contributed by atoms with Crippen LogP contribution >= 0.6 is 11.6 Å². The second-order valence-electron chi connectivity index (χ2n) is 6.71. The second kappa shape index (κ2) is 8.67. The molecule has 1 amide bonds. The van der Waals surface area contributed by atoms with E-state index in [0.29, 0.717) is 16.4 Å². The molecule has 1 unspecified atom stereocenters. The molecule has 29 heavy (non-hydrogen) atoms. The Bertz CT molecular complexity index is 1020. The molecule has 0 bridgehead atoms. The van der Waals surface area contributed by atoms with Gasteiger partial charge in [0, 0.05) is 12.1 Å². The highest BCUT2D eigenvalue weighted by Gasteiger charge is 2.24. The summed E-state index contributed by atoms with van der Waals surface area (Å²) in [7, 11) is 3.36. The number of nitrogens with one attached hydrogen (secondary N) is 1. The molecule has 0 radical (unpaired) electrons. The van der Waals surface area contributed by atoms with Gasteiger partial charge in [-0.15, -0.1) is 5.10 Å². The van der Waals surface area contributed by atoms with Gasteiger partial charge in [-0.05, 0) is 45.3 Å². The normalized spacial score (nSPS) is 12.2. The summed E-state index contributed by atoms with van der Waals surface area (Å²) in [6.45, 7) is 1.68. The fourth-order valence-corrected chi connectivity index (χ4v) is 3.25. The summed E-state index contributed by atoms with van der Waals surface area (Å²) in [4.78, 5) is 14.3. The van der Waals surface area contributed by atoms with Crippen LogP contribution in [0.2, 0.25) is 5.02 Å². The molecule has 0 saturated carbocycles. The van der Waals surface area contributed by atoms with Gasteiger partial charge in [0.05, 0.1) is 22.4 Å². The van der Waals surface area contributed by atoms with Crippen LogP contribution < -0.4 is 5.32 Å². The molecule has 0 aliphatic heterocycles. The Balaban J connectivity index is 1.81. The highest BCUT2D eigenvalue weighted by Crippen LogP contribution is 2.24. The van der Waals surface area contributed by atoms with Crippen LogP contribution in [0.25, 0.3) is 5.69 Å². The van der Waals surface area contributed by atoms with Crippen LogP contribution in [0.3, 0.4) is 0 Å². The van der Waals surface area contributed by atoms with Gasteiger partial charge in [0.2, 0.25) is 0 Å². The predicted molar refractivity (Wildman–Crippen MR) is 106 cm³/mol. The lowest BCUT2D eigenvalue weighted by Gasteiger charge is -2.25. The molecule has 0 fully saturated rings. The number of amides is 1. The van der Waals surface area contributed by atoms with Gasteiger partial charge in [0.1, 0.15) is 11.6 Å². The average molecular weight is 420 g/mol. The van der Waals surface area contributed by atoms with Gasteiger partial charge in [-0.3, -0.25) is 4.79 Å². The summed E-state index contributed by atoms with van der Waals surface area (Å²) in [5, 5.41) is 11.1. The quantitative estimate of drug-likeness (QED) is 0.663. The molecule has 0 aliphatic rings. The van der Waals surface area contributed by atoms with Crippen LogP contribution in [0.1, 0.15) is 27.8 Å². The van der Waals surface area contributed by atoms with Crippen molar-refractivity contribution in [2.24, 2.45) is 0 Å². The van der Waals surface area contributed by atoms with Crippen molar-refractivity contribution in [3.05, 3.63) is 76.1 Å². The van der Waals surface area contributed by atoms with Gasteiger partial charge in [0.25, 0.3) is 5.91 Å². The Kier molecular flexibility index (Phi) is 6.24. The second-order valence-corrected chi connectivity index (χ2v) is 7.12. The van der Waals surface area contributed by atoms with E-state index in [1.165, 1.54) is 22.9 Å². The number of para-hydroxylation sites is 1. The first-order valence-electron chi connectivity index (χ1n) is 8.87. The van der Waals surface area contributed by atoms with Crippen LogP contribution in [0.15, 0.2) is 42.5 Å². The third kappa shape index (κ3) is 4.28. The standard InChI is InChI=1S/C20H20ClF2N5O/c1-12-19(25-26-28(12)16-10-5-4-7-13(16)21)20(29)24-11-17(27(2)3)18-14(22)8-6-9-15(18)23/h4-10,17H,11H2,1-3H3,(H,24,29). The molecular weight excluding hydrogens is 400 g/mol. The van der Waals surface area contributed by atoms with Crippen molar-refractivity contribution in [3.63, 3.8) is 0 Å². The van der Waals surface area contributed by atoms with E-state index in [0.717, 1.165) is 0 Å². The Morgan fingerprint density at radius 1 is 1.17 bits per heavy atom. The Labute approximate surface area is 172 Å². The van der Waals surface area contributed by atoms with Crippen molar-refractivity contribution in [2.45, 2.75) is 13.0 Å². The molecule has 152 valence electrons. The highest BCUT2D eigenvalue weighted by atomic mass is 35.5. The highest BCUT2D eigenvalue weighted by molar-refractivity contribution is 6.32. The van der Waals surface area contributed by atoms with E-state index in [-0.39, 0.29) is 17.8 Å². The topological polar surface area (TPSA) is 63.1 Å². The number of benzene rings is 2. The summed E-state index contributed by atoms with van der Waals surface area (Å²) in [5.41, 5.74) is 1.09. The fourth-order valence-electron chi connectivity index (χ4n) is 3.04. The van der Waals surface area contributed by atoms with Crippen molar-refractivity contribution in [2.75, 3.05) is 20.6 Å². The van der Waals surface area contributed by atoms with E-state index in [9.17, 15) is 13.6 Å². The molecule has 1 atom stereocenters. The van der Waals surface area contributed by atoms with Gasteiger partial charge >= 0.3 is 0 Å². The molecule has 0 saturated heterocycles. The minimum Gasteiger partial charge on any atom is -0.349 e. The van der Waals surface area contributed by atoms with Crippen LogP contribution in [0.4, 0.5) is 8.78 Å². The van der Waals surface area contributed by atoms with Crippen molar-refractivity contribution in [1.29, 1.82) is 0 Å². The fraction of sp³-hybridized carbons (Fsp3) is 0.250. The zero-order valence-electron chi connectivity index (χ0n) is 16.2. The van der Waals surface area contributed by atoms with Crippen LogP contribution in [0.5, 0.6) is 0 Å². The minimum atomic E-state index is -0.695.